The zero-order chi connectivity index (χ0) is 28.3. The number of nitrogens with zero attached hydrogens (tertiary/aromatic N) is 5. The summed E-state index contributed by atoms with van der Waals surface area (Å²) >= 11 is 6.52. The van der Waals surface area contributed by atoms with Gasteiger partial charge in [0.2, 0.25) is 0 Å². The van der Waals surface area contributed by atoms with E-state index in [1.165, 1.54) is 11.1 Å². The van der Waals surface area contributed by atoms with E-state index < -0.39 is 0 Å². The summed E-state index contributed by atoms with van der Waals surface area (Å²) in [6.45, 7) is 4.14. The quantitative estimate of drug-likeness (QED) is 0.284. The zero-order valence-electron chi connectivity index (χ0n) is 22.9. The van der Waals surface area contributed by atoms with Gasteiger partial charge in [0.25, 0.3) is 0 Å². The molecule has 1 N–H and O–H groups in total. The summed E-state index contributed by atoms with van der Waals surface area (Å²) in [5, 5.41) is 12.7. The lowest BCUT2D eigenvalue weighted by Crippen LogP contribution is -2.42. The molecular formula is C33H31ClN6O. The minimum atomic E-state index is -0.115. The predicted molar refractivity (Wildman–Crippen MR) is 161 cm³/mol. The number of benzene rings is 2. The second kappa shape index (κ2) is 11.6. The normalized spacial score (nSPS) is 16.7. The van der Waals surface area contributed by atoms with Crippen molar-refractivity contribution in [2.75, 3.05) is 18.4 Å². The molecule has 2 aliphatic rings. The second-order valence-electron chi connectivity index (χ2n) is 10.6. The van der Waals surface area contributed by atoms with Gasteiger partial charge in [-0.1, -0.05) is 30.7 Å². The molecule has 1 saturated heterocycles. The molecule has 4 aromatic rings. The molecule has 7 nitrogen and oxygen atoms in total. The number of urea groups is 1. The number of nitrogens with one attached hydrogen (secondary N) is 1. The van der Waals surface area contributed by atoms with Gasteiger partial charge in [-0.3, -0.25) is 4.98 Å². The Balaban J connectivity index is 1.27. The van der Waals surface area contributed by atoms with Gasteiger partial charge in [-0.25, -0.2) is 9.78 Å². The smallest absolute Gasteiger partial charge is 0.321 e. The van der Waals surface area contributed by atoms with Gasteiger partial charge in [0.05, 0.1) is 17.3 Å². The number of carbonyl (C=O) groups is 1. The number of imidazole rings is 1. The number of piperidine rings is 1. The second-order valence-corrected chi connectivity index (χ2v) is 11.1. The third-order valence-corrected chi connectivity index (χ3v) is 8.45. The number of carbonyl (C=O) groups excluding carboxylic acids is 1. The molecule has 41 heavy (non-hydrogen) atoms. The Morgan fingerprint density at radius 3 is 2.66 bits per heavy atom. The van der Waals surface area contributed by atoms with Crippen LogP contribution in [0.3, 0.4) is 0 Å². The fourth-order valence-electron chi connectivity index (χ4n) is 6.16. The van der Waals surface area contributed by atoms with Crippen molar-refractivity contribution in [3.05, 3.63) is 112 Å². The average molecular weight is 563 g/mol. The van der Waals surface area contributed by atoms with Gasteiger partial charge in [0.15, 0.2) is 0 Å². The van der Waals surface area contributed by atoms with Crippen molar-refractivity contribution in [1.29, 1.82) is 5.26 Å². The Morgan fingerprint density at radius 2 is 1.90 bits per heavy atom. The molecule has 1 unspecified atom stereocenters. The molecule has 0 saturated carbocycles. The SMILES string of the molecule is CCc1nccn1CC1=Cc2cc(Cl)ccc2C(C2CCN(C(=O)Nc3ccc(C#N)cc3)CC2)c2ncccc21. The summed E-state index contributed by atoms with van der Waals surface area (Å²) in [7, 11) is 0. The van der Waals surface area contributed by atoms with Crippen LogP contribution in [0.15, 0.2) is 73.2 Å². The first-order chi connectivity index (χ1) is 20.0. The summed E-state index contributed by atoms with van der Waals surface area (Å²) in [5.41, 5.74) is 7.02. The number of aromatic nitrogens is 3. The zero-order valence-corrected chi connectivity index (χ0v) is 23.7. The Kier molecular flexibility index (Phi) is 7.58. The molecule has 6 rings (SSSR count). The van der Waals surface area contributed by atoms with Crippen LogP contribution in [0.1, 0.15) is 59.5 Å². The van der Waals surface area contributed by atoms with Crippen molar-refractivity contribution in [3.63, 3.8) is 0 Å². The highest BCUT2D eigenvalue weighted by Gasteiger charge is 2.35. The third kappa shape index (κ3) is 5.48. The van der Waals surface area contributed by atoms with E-state index in [4.69, 9.17) is 21.8 Å². The van der Waals surface area contributed by atoms with Crippen LogP contribution in [-0.4, -0.2) is 38.6 Å². The number of amides is 2. The molecule has 2 aromatic heterocycles. The van der Waals surface area contributed by atoms with Crippen LogP contribution in [0.5, 0.6) is 0 Å². The van der Waals surface area contributed by atoms with Crippen LogP contribution in [0.4, 0.5) is 10.5 Å². The number of hydrogen-bond acceptors (Lipinski definition) is 4. The lowest BCUT2D eigenvalue weighted by Gasteiger charge is -2.36. The summed E-state index contributed by atoms with van der Waals surface area (Å²) in [5.74, 6) is 1.45. The predicted octanol–water partition coefficient (Wildman–Crippen LogP) is 7.00. The van der Waals surface area contributed by atoms with Gasteiger partial charge in [-0.05, 0) is 84.0 Å². The Hall–Kier alpha value is -4.41. The van der Waals surface area contributed by atoms with E-state index in [9.17, 15) is 4.79 Å². The average Bonchev–Trinajstić information content (AvgIpc) is 3.41. The molecule has 0 radical (unpaired) electrons. The highest BCUT2D eigenvalue weighted by molar-refractivity contribution is 6.30. The number of fused-ring (bicyclic) bond motifs is 2. The fraction of sp³-hybridized carbons (Fsp3) is 0.273. The number of halogens is 1. The van der Waals surface area contributed by atoms with E-state index in [1.807, 2.05) is 35.6 Å². The van der Waals surface area contributed by atoms with E-state index in [0.29, 0.717) is 41.8 Å². The third-order valence-electron chi connectivity index (χ3n) is 8.21. The van der Waals surface area contributed by atoms with Crippen molar-refractivity contribution in [1.82, 2.24) is 19.4 Å². The maximum atomic E-state index is 13.0. The maximum Gasteiger partial charge on any atom is 0.321 e. The lowest BCUT2D eigenvalue weighted by molar-refractivity contribution is 0.177. The maximum absolute atomic E-state index is 13.0. The number of nitriles is 1. The van der Waals surface area contributed by atoms with Crippen LogP contribution in [0.2, 0.25) is 5.02 Å². The van der Waals surface area contributed by atoms with Crippen molar-refractivity contribution in [3.8, 4) is 6.07 Å². The van der Waals surface area contributed by atoms with Crippen molar-refractivity contribution in [2.45, 2.75) is 38.6 Å². The first-order valence-electron chi connectivity index (χ1n) is 14.1. The first-order valence-corrected chi connectivity index (χ1v) is 14.4. The van der Waals surface area contributed by atoms with Crippen molar-refractivity contribution < 1.29 is 4.79 Å². The molecule has 206 valence electrons. The van der Waals surface area contributed by atoms with Crippen LogP contribution in [0.25, 0.3) is 11.6 Å². The lowest BCUT2D eigenvalue weighted by atomic mass is 9.76. The number of allylic oxidation sites excluding steroid dienone is 1. The van der Waals surface area contributed by atoms with E-state index in [-0.39, 0.29) is 11.9 Å². The summed E-state index contributed by atoms with van der Waals surface area (Å²) in [6, 6.07) is 19.3. The number of likely N-dealkylation sites (tertiary alicyclic amines) is 1. The number of anilines is 1. The van der Waals surface area contributed by atoms with E-state index >= 15 is 0 Å². The van der Waals surface area contributed by atoms with Gasteiger partial charge in [-0.15, -0.1) is 0 Å². The van der Waals surface area contributed by atoms with Gasteiger partial charge in [0.1, 0.15) is 5.82 Å². The van der Waals surface area contributed by atoms with Gasteiger partial charge < -0.3 is 14.8 Å². The van der Waals surface area contributed by atoms with Crippen molar-refractivity contribution >= 4 is 35.0 Å². The number of hydrogen-bond donors (Lipinski definition) is 1. The highest BCUT2D eigenvalue weighted by atomic mass is 35.5. The van der Waals surface area contributed by atoms with Crippen LogP contribution in [-0.2, 0) is 13.0 Å². The molecule has 0 bridgehead atoms. The van der Waals surface area contributed by atoms with E-state index in [1.54, 1.807) is 24.3 Å². The number of aryl methyl sites for hydroxylation is 1. The standard InChI is InChI=1S/C33H31ClN6O/c1-2-30-36-14-17-40(30)21-25-18-24-19-26(34)7-10-28(24)31(32-29(25)4-3-13-37-32)23-11-15-39(16-12-23)33(41)38-27-8-5-22(20-35)6-9-27/h3-10,13-14,17-19,23,31H,2,11-12,15-16,21H2,1H3,(H,38,41). The highest BCUT2D eigenvalue weighted by Crippen LogP contribution is 2.45. The molecule has 1 fully saturated rings. The van der Waals surface area contributed by atoms with Gasteiger partial charge >= 0.3 is 6.03 Å². The molecule has 2 amide bonds. The van der Waals surface area contributed by atoms with Crippen LogP contribution >= 0.6 is 11.6 Å². The summed E-state index contributed by atoms with van der Waals surface area (Å²) in [6.07, 6.45) is 10.6. The molecular weight excluding hydrogens is 532 g/mol. The van der Waals surface area contributed by atoms with E-state index in [0.717, 1.165) is 41.9 Å². The molecule has 1 aliphatic carbocycles. The topological polar surface area (TPSA) is 86.8 Å². The summed E-state index contributed by atoms with van der Waals surface area (Å²) in [4.78, 5) is 24.4. The first kappa shape index (κ1) is 26.8. The minimum Gasteiger partial charge on any atom is -0.331 e. The van der Waals surface area contributed by atoms with E-state index in [2.05, 4.69) is 52.1 Å². The molecule has 1 atom stereocenters. The van der Waals surface area contributed by atoms with Gasteiger partial charge in [0, 0.05) is 66.8 Å². The van der Waals surface area contributed by atoms with Gasteiger partial charge in [-0.2, -0.15) is 5.26 Å². The monoisotopic (exact) mass is 562 g/mol. The fourth-order valence-corrected chi connectivity index (χ4v) is 6.34. The number of rotatable bonds is 5. The minimum absolute atomic E-state index is 0.0874. The molecule has 8 heteroatoms. The Morgan fingerprint density at radius 1 is 1.10 bits per heavy atom. The molecule has 2 aromatic carbocycles. The molecule has 0 spiro atoms. The Labute approximate surface area is 245 Å². The largest absolute Gasteiger partial charge is 0.331 e. The van der Waals surface area contributed by atoms with Crippen LogP contribution < -0.4 is 5.32 Å². The summed E-state index contributed by atoms with van der Waals surface area (Å²) < 4.78 is 2.21. The van der Waals surface area contributed by atoms with Crippen LogP contribution in [0, 0.1) is 17.2 Å². The molecule has 1 aliphatic heterocycles. The number of pyridine rings is 1. The Bertz CT molecular complexity index is 1640. The molecule has 3 heterocycles. The van der Waals surface area contributed by atoms with Crippen molar-refractivity contribution in [2.24, 2.45) is 5.92 Å².